The number of aromatic hydroxyl groups is 1. The minimum absolute atomic E-state index is 0.00528. The molecule has 0 aromatic heterocycles. The van der Waals surface area contributed by atoms with Crippen LogP contribution in [-0.2, 0) is 11.2 Å². The molecule has 0 radical (unpaired) electrons. The summed E-state index contributed by atoms with van der Waals surface area (Å²) in [5.74, 6) is 0.301. The summed E-state index contributed by atoms with van der Waals surface area (Å²) >= 11 is 0. The third-order valence-electron chi connectivity index (χ3n) is 2.32. The first-order chi connectivity index (χ1) is 6.16. The van der Waals surface area contributed by atoms with Gasteiger partial charge in [0.25, 0.3) is 0 Å². The van der Waals surface area contributed by atoms with Crippen molar-refractivity contribution in [1.82, 2.24) is 0 Å². The number of phenols is 1. The Bertz CT molecular complexity index is 360. The fourth-order valence-electron chi connectivity index (χ4n) is 1.55. The van der Waals surface area contributed by atoms with Crippen LogP contribution in [0.3, 0.4) is 0 Å². The average molecular weight is 177 g/mol. The number of fused-ring (bicyclic) bond motifs is 1. The van der Waals surface area contributed by atoms with Gasteiger partial charge in [-0.15, -0.1) is 0 Å². The monoisotopic (exact) mass is 177 g/mol. The molecule has 2 N–H and O–H groups in total. The summed E-state index contributed by atoms with van der Waals surface area (Å²) in [5, 5.41) is 12.0. The van der Waals surface area contributed by atoms with Crippen LogP contribution < -0.4 is 5.32 Å². The Balaban J connectivity index is 2.42. The second-order valence-electron chi connectivity index (χ2n) is 3.44. The van der Waals surface area contributed by atoms with E-state index in [1.165, 1.54) is 0 Å². The lowest BCUT2D eigenvalue weighted by atomic mass is 9.95. The van der Waals surface area contributed by atoms with Crippen molar-refractivity contribution in [3.8, 4) is 5.75 Å². The number of nitrogens with one attached hydrogen (secondary N) is 1. The van der Waals surface area contributed by atoms with Gasteiger partial charge in [0, 0.05) is 11.6 Å². The lowest BCUT2D eigenvalue weighted by molar-refractivity contribution is -0.119. The highest BCUT2D eigenvalue weighted by molar-refractivity contribution is 5.95. The first kappa shape index (κ1) is 8.10. The molecule has 13 heavy (non-hydrogen) atoms. The van der Waals surface area contributed by atoms with Crippen molar-refractivity contribution in [1.29, 1.82) is 0 Å². The summed E-state index contributed by atoms with van der Waals surface area (Å²) in [5.41, 5.74) is 1.83. The third-order valence-corrected chi connectivity index (χ3v) is 2.32. The van der Waals surface area contributed by atoms with Crippen LogP contribution in [0.5, 0.6) is 5.75 Å². The van der Waals surface area contributed by atoms with Crippen LogP contribution in [0, 0.1) is 5.92 Å². The minimum atomic E-state index is -0.00528. The zero-order chi connectivity index (χ0) is 9.42. The highest BCUT2D eigenvalue weighted by Crippen LogP contribution is 2.28. The lowest BCUT2D eigenvalue weighted by Gasteiger charge is -2.21. The molecule has 68 valence electrons. The van der Waals surface area contributed by atoms with E-state index in [0.717, 1.165) is 11.3 Å². The predicted molar refractivity (Wildman–Crippen MR) is 49.6 cm³/mol. The van der Waals surface area contributed by atoms with Crippen molar-refractivity contribution < 1.29 is 9.90 Å². The number of hydrogen-bond acceptors (Lipinski definition) is 2. The van der Waals surface area contributed by atoms with Crippen molar-refractivity contribution in [2.45, 2.75) is 13.3 Å². The van der Waals surface area contributed by atoms with Gasteiger partial charge in [0.15, 0.2) is 0 Å². The van der Waals surface area contributed by atoms with Crippen LogP contribution >= 0.6 is 0 Å². The molecule has 1 aromatic rings. The van der Waals surface area contributed by atoms with Crippen LogP contribution in [0.15, 0.2) is 18.2 Å². The average Bonchev–Trinajstić information content (AvgIpc) is 2.08. The van der Waals surface area contributed by atoms with E-state index >= 15 is 0 Å². The molecule has 1 aromatic carbocycles. The molecule has 0 spiro atoms. The minimum Gasteiger partial charge on any atom is -0.508 e. The number of carbonyl (C=O) groups is 1. The molecule has 1 aliphatic heterocycles. The van der Waals surface area contributed by atoms with Gasteiger partial charge in [-0.25, -0.2) is 0 Å². The number of amides is 1. The molecule has 0 saturated carbocycles. The van der Waals surface area contributed by atoms with Gasteiger partial charge in [-0.05, 0) is 30.2 Å². The largest absolute Gasteiger partial charge is 0.508 e. The fraction of sp³-hybridized carbons (Fsp3) is 0.300. The number of rotatable bonds is 0. The molecule has 1 aliphatic rings. The fourth-order valence-corrected chi connectivity index (χ4v) is 1.55. The summed E-state index contributed by atoms with van der Waals surface area (Å²) in [6, 6.07) is 5.01. The molecular formula is C10H11NO2. The van der Waals surface area contributed by atoms with E-state index in [4.69, 9.17) is 0 Å². The Morgan fingerprint density at radius 1 is 1.54 bits per heavy atom. The van der Waals surface area contributed by atoms with Gasteiger partial charge in [-0.2, -0.15) is 0 Å². The number of phenolic OH excluding ortho intramolecular Hbond substituents is 1. The molecule has 0 saturated heterocycles. The van der Waals surface area contributed by atoms with Crippen molar-refractivity contribution >= 4 is 11.6 Å². The highest BCUT2D eigenvalue weighted by Gasteiger charge is 2.21. The topological polar surface area (TPSA) is 49.3 Å². The zero-order valence-electron chi connectivity index (χ0n) is 7.37. The molecule has 0 aliphatic carbocycles. The zero-order valence-corrected chi connectivity index (χ0v) is 7.37. The van der Waals surface area contributed by atoms with Crippen molar-refractivity contribution in [2.24, 2.45) is 5.92 Å². The summed E-state index contributed by atoms with van der Waals surface area (Å²) in [4.78, 5) is 11.3. The molecule has 3 nitrogen and oxygen atoms in total. The number of anilines is 1. The van der Waals surface area contributed by atoms with Gasteiger partial charge in [0.05, 0.1) is 0 Å². The predicted octanol–water partition coefficient (Wildman–Crippen LogP) is 1.52. The van der Waals surface area contributed by atoms with Gasteiger partial charge >= 0.3 is 0 Å². The van der Waals surface area contributed by atoms with E-state index in [9.17, 15) is 9.90 Å². The van der Waals surface area contributed by atoms with Crippen LogP contribution in [0.4, 0.5) is 5.69 Å². The van der Waals surface area contributed by atoms with E-state index in [0.29, 0.717) is 6.42 Å². The van der Waals surface area contributed by atoms with Crippen LogP contribution in [0.2, 0.25) is 0 Å². The van der Waals surface area contributed by atoms with Crippen LogP contribution in [0.25, 0.3) is 0 Å². The van der Waals surface area contributed by atoms with E-state index in [1.54, 1.807) is 18.2 Å². The quantitative estimate of drug-likeness (QED) is 0.590. The maximum Gasteiger partial charge on any atom is 0.227 e. The first-order valence-corrected chi connectivity index (χ1v) is 4.29. The second-order valence-corrected chi connectivity index (χ2v) is 3.44. The number of carbonyl (C=O) groups excluding carboxylic acids is 1. The smallest absolute Gasteiger partial charge is 0.227 e. The SMILES string of the molecule is C[C@H]1Cc2cc(O)ccc2NC1=O. The molecule has 0 bridgehead atoms. The van der Waals surface area contributed by atoms with Gasteiger partial charge in [-0.1, -0.05) is 6.92 Å². The van der Waals surface area contributed by atoms with Gasteiger partial charge < -0.3 is 10.4 Å². The number of hydrogen-bond donors (Lipinski definition) is 2. The molecular weight excluding hydrogens is 166 g/mol. The van der Waals surface area contributed by atoms with Crippen molar-refractivity contribution in [3.63, 3.8) is 0 Å². The van der Waals surface area contributed by atoms with Crippen LogP contribution in [-0.4, -0.2) is 11.0 Å². The summed E-state index contributed by atoms with van der Waals surface area (Å²) in [6.07, 6.45) is 0.704. The van der Waals surface area contributed by atoms with Crippen LogP contribution in [0.1, 0.15) is 12.5 Å². The lowest BCUT2D eigenvalue weighted by Crippen LogP contribution is -2.27. The Hall–Kier alpha value is -1.51. The Kier molecular flexibility index (Phi) is 1.72. The van der Waals surface area contributed by atoms with Crippen molar-refractivity contribution in [2.75, 3.05) is 5.32 Å². The normalized spacial score (nSPS) is 20.7. The Morgan fingerprint density at radius 2 is 2.31 bits per heavy atom. The first-order valence-electron chi connectivity index (χ1n) is 4.29. The summed E-state index contributed by atoms with van der Waals surface area (Å²) < 4.78 is 0. The van der Waals surface area contributed by atoms with E-state index in [2.05, 4.69) is 5.32 Å². The molecule has 0 fully saturated rings. The molecule has 1 heterocycles. The molecule has 3 heteroatoms. The summed E-state index contributed by atoms with van der Waals surface area (Å²) in [7, 11) is 0. The Morgan fingerprint density at radius 3 is 3.08 bits per heavy atom. The van der Waals surface area contributed by atoms with Gasteiger partial charge in [-0.3, -0.25) is 4.79 Å². The maximum atomic E-state index is 11.3. The van der Waals surface area contributed by atoms with Gasteiger partial charge in [0.1, 0.15) is 5.75 Å². The Labute approximate surface area is 76.4 Å². The van der Waals surface area contributed by atoms with E-state index < -0.39 is 0 Å². The molecule has 1 atom stereocenters. The second kappa shape index (κ2) is 2.76. The van der Waals surface area contributed by atoms with Crippen molar-refractivity contribution in [3.05, 3.63) is 23.8 Å². The molecule has 1 amide bonds. The highest BCUT2D eigenvalue weighted by atomic mass is 16.3. The number of benzene rings is 1. The van der Waals surface area contributed by atoms with E-state index in [-0.39, 0.29) is 17.6 Å². The summed E-state index contributed by atoms with van der Waals surface area (Å²) in [6.45, 7) is 1.88. The third kappa shape index (κ3) is 1.37. The van der Waals surface area contributed by atoms with E-state index in [1.807, 2.05) is 6.92 Å². The van der Waals surface area contributed by atoms with Gasteiger partial charge in [0.2, 0.25) is 5.91 Å². The molecule has 0 unspecified atom stereocenters. The standard InChI is InChI=1S/C10H11NO2/c1-6-4-7-5-8(12)2-3-9(7)11-10(6)13/h2-3,5-6,12H,4H2,1H3,(H,11,13)/t6-/m0/s1. The molecule has 2 rings (SSSR count). The maximum absolute atomic E-state index is 11.3.